The van der Waals surface area contributed by atoms with Crippen LogP contribution in [0.4, 0.5) is 5.82 Å². The summed E-state index contributed by atoms with van der Waals surface area (Å²) in [6.45, 7) is 10.2. The number of hydrogen-bond acceptors (Lipinski definition) is 8. The highest BCUT2D eigenvalue weighted by Gasteiger charge is 2.34. The monoisotopic (exact) mass is 600 g/mol. The van der Waals surface area contributed by atoms with Crippen molar-refractivity contribution < 1.29 is 14.3 Å². The van der Waals surface area contributed by atoms with Crippen LogP contribution in [-0.2, 0) is 20.9 Å². The molecule has 2 aliphatic heterocycles. The van der Waals surface area contributed by atoms with Gasteiger partial charge < -0.3 is 9.64 Å². The molecule has 1 aromatic rings. The number of carbonyl (C=O) groups excluding carboxylic acids is 2. The van der Waals surface area contributed by atoms with E-state index in [2.05, 4.69) is 24.8 Å². The number of piperidine rings is 1. The van der Waals surface area contributed by atoms with Crippen molar-refractivity contribution in [2.45, 2.75) is 98.4 Å². The van der Waals surface area contributed by atoms with Crippen molar-refractivity contribution in [3.05, 3.63) is 31.9 Å². The van der Waals surface area contributed by atoms with Crippen LogP contribution in [0.2, 0.25) is 0 Å². The van der Waals surface area contributed by atoms with E-state index in [1.54, 1.807) is 23.3 Å². The number of nitriles is 1. The molecule has 41 heavy (non-hydrogen) atoms. The standard InChI is InChI=1S/C31H44N4O4S2/c1-5-8-10-11-12-13-18-35-29(37)26(41-31(35)40)19-24-22(4)25(20-32)28(36)34(17-9-6-2)27(24)33-16-14-15-23(21-33)30(38)39-7-3/h19,23H,5-18,21H2,1-4H3/b26-19+. The van der Waals surface area contributed by atoms with Crippen LogP contribution in [0.15, 0.2) is 9.70 Å². The lowest BCUT2D eigenvalue weighted by molar-refractivity contribution is -0.148. The summed E-state index contributed by atoms with van der Waals surface area (Å²) in [5.41, 5.74) is 0.957. The maximum absolute atomic E-state index is 13.6. The summed E-state index contributed by atoms with van der Waals surface area (Å²) in [4.78, 5) is 44.0. The highest BCUT2D eigenvalue weighted by atomic mass is 32.2. The van der Waals surface area contributed by atoms with Crippen LogP contribution in [0.3, 0.4) is 0 Å². The lowest BCUT2D eigenvalue weighted by Gasteiger charge is -2.36. The maximum Gasteiger partial charge on any atom is 0.310 e. The molecule has 2 saturated heterocycles. The molecule has 0 saturated carbocycles. The van der Waals surface area contributed by atoms with E-state index in [9.17, 15) is 19.6 Å². The number of unbranched alkanes of at least 4 members (excludes halogenated alkanes) is 6. The highest BCUT2D eigenvalue weighted by molar-refractivity contribution is 8.26. The fourth-order valence-electron chi connectivity index (χ4n) is 5.50. The van der Waals surface area contributed by atoms with Gasteiger partial charge in [-0.05, 0) is 51.2 Å². The maximum atomic E-state index is 13.6. The largest absolute Gasteiger partial charge is 0.466 e. The Bertz CT molecular complexity index is 1250. The predicted molar refractivity (Wildman–Crippen MR) is 170 cm³/mol. The SMILES string of the molecule is CCCCCCCCN1C(=O)/C(=C\c2c(C)c(C#N)c(=O)n(CCCC)c2N2CCCC(C(=O)OCC)C2)SC1=S. The molecule has 0 aromatic carbocycles. The fourth-order valence-corrected chi connectivity index (χ4v) is 6.79. The van der Waals surface area contributed by atoms with Gasteiger partial charge in [0.25, 0.3) is 11.5 Å². The van der Waals surface area contributed by atoms with Crippen molar-refractivity contribution in [1.29, 1.82) is 5.26 Å². The van der Waals surface area contributed by atoms with Gasteiger partial charge in [-0.2, -0.15) is 5.26 Å². The van der Waals surface area contributed by atoms with Gasteiger partial charge in [0, 0.05) is 31.7 Å². The number of nitrogens with zero attached hydrogens (tertiary/aromatic N) is 4. The first-order valence-corrected chi connectivity index (χ1v) is 16.4. The number of aromatic nitrogens is 1. The van der Waals surface area contributed by atoms with Gasteiger partial charge in [-0.25, -0.2) is 0 Å². The van der Waals surface area contributed by atoms with Crippen molar-refractivity contribution in [3.8, 4) is 6.07 Å². The summed E-state index contributed by atoms with van der Waals surface area (Å²) in [6, 6.07) is 2.11. The number of ether oxygens (including phenoxy) is 1. The smallest absolute Gasteiger partial charge is 0.310 e. The topological polar surface area (TPSA) is 95.6 Å². The van der Waals surface area contributed by atoms with Crippen molar-refractivity contribution in [3.63, 3.8) is 0 Å². The van der Waals surface area contributed by atoms with E-state index in [0.29, 0.717) is 59.0 Å². The zero-order chi connectivity index (χ0) is 29.9. The summed E-state index contributed by atoms with van der Waals surface area (Å²) in [5.74, 6) is -0.0122. The molecule has 224 valence electrons. The minimum atomic E-state index is -0.334. The minimum Gasteiger partial charge on any atom is -0.466 e. The van der Waals surface area contributed by atoms with E-state index in [-0.39, 0.29) is 28.9 Å². The van der Waals surface area contributed by atoms with Crippen molar-refractivity contribution in [2.24, 2.45) is 5.92 Å². The molecule has 10 heteroatoms. The summed E-state index contributed by atoms with van der Waals surface area (Å²) < 4.78 is 7.53. The average Bonchev–Trinajstić information content (AvgIpc) is 3.23. The minimum absolute atomic E-state index is 0.0811. The van der Waals surface area contributed by atoms with Gasteiger partial charge in [-0.3, -0.25) is 23.9 Å². The molecule has 1 atom stereocenters. The third-order valence-electron chi connectivity index (χ3n) is 7.81. The van der Waals surface area contributed by atoms with Gasteiger partial charge in [0.15, 0.2) is 0 Å². The van der Waals surface area contributed by atoms with Gasteiger partial charge in [0.1, 0.15) is 21.8 Å². The van der Waals surface area contributed by atoms with Crippen LogP contribution in [0.25, 0.3) is 6.08 Å². The van der Waals surface area contributed by atoms with E-state index in [4.69, 9.17) is 17.0 Å². The van der Waals surface area contributed by atoms with Crippen LogP contribution >= 0.6 is 24.0 Å². The van der Waals surface area contributed by atoms with Crippen molar-refractivity contribution >= 4 is 52.1 Å². The van der Waals surface area contributed by atoms with Crippen LogP contribution in [0.1, 0.15) is 102 Å². The van der Waals surface area contributed by atoms with Crippen molar-refractivity contribution in [2.75, 3.05) is 31.1 Å². The second-order valence-corrected chi connectivity index (χ2v) is 12.5. The van der Waals surface area contributed by atoms with Gasteiger partial charge in [0.05, 0.1) is 17.4 Å². The van der Waals surface area contributed by atoms with E-state index in [1.807, 2.05) is 6.08 Å². The number of rotatable bonds is 14. The first-order chi connectivity index (χ1) is 19.8. The fraction of sp³-hybridized carbons (Fsp3) is 0.645. The number of amides is 1. The Morgan fingerprint density at radius 2 is 1.80 bits per heavy atom. The highest BCUT2D eigenvalue weighted by Crippen LogP contribution is 2.37. The Balaban J connectivity index is 2.02. The van der Waals surface area contributed by atoms with Crippen LogP contribution in [0.5, 0.6) is 0 Å². The van der Waals surface area contributed by atoms with Crippen LogP contribution < -0.4 is 10.5 Å². The quantitative estimate of drug-likeness (QED) is 0.108. The summed E-state index contributed by atoms with van der Waals surface area (Å²) >= 11 is 6.87. The first kappa shape index (κ1) is 32.9. The first-order valence-electron chi connectivity index (χ1n) is 15.1. The van der Waals surface area contributed by atoms with Gasteiger partial charge in [0.2, 0.25) is 0 Å². The molecule has 1 amide bonds. The summed E-state index contributed by atoms with van der Waals surface area (Å²) in [7, 11) is 0. The number of pyridine rings is 1. The molecule has 2 aliphatic rings. The molecule has 3 heterocycles. The lowest BCUT2D eigenvalue weighted by atomic mass is 9.96. The lowest BCUT2D eigenvalue weighted by Crippen LogP contribution is -2.43. The molecule has 0 radical (unpaired) electrons. The normalized spacial score (nSPS) is 18.3. The van der Waals surface area contributed by atoms with E-state index >= 15 is 0 Å². The van der Waals surface area contributed by atoms with Crippen LogP contribution in [0, 0.1) is 24.2 Å². The number of carbonyl (C=O) groups is 2. The number of thioether (sulfide) groups is 1. The van der Waals surface area contributed by atoms with Gasteiger partial charge in [-0.1, -0.05) is 76.4 Å². The number of thiocarbonyl (C=S) groups is 1. The Hall–Kier alpha value is -2.64. The molecular formula is C31H44N4O4S2. The van der Waals surface area contributed by atoms with Gasteiger partial charge >= 0.3 is 5.97 Å². The number of anilines is 1. The molecule has 8 nitrogen and oxygen atoms in total. The Labute approximate surface area is 254 Å². The average molecular weight is 601 g/mol. The second kappa shape index (κ2) is 16.1. The van der Waals surface area contributed by atoms with E-state index in [0.717, 1.165) is 44.9 Å². The number of esters is 1. The predicted octanol–water partition coefficient (Wildman–Crippen LogP) is 6.17. The van der Waals surface area contributed by atoms with E-state index in [1.165, 1.54) is 31.0 Å². The molecular weight excluding hydrogens is 556 g/mol. The molecule has 2 fully saturated rings. The third kappa shape index (κ3) is 8.01. The molecule has 0 N–H and O–H groups in total. The van der Waals surface area contributed by atoms with Crippen LogP contribution in [-0.4, -0.2) is 51.9 Å². The Kier molecular flexibility index (Phi) is 12.9. The molecule has 0 spiro atoms. The summed E-state index contributed by atoms with van der Waals surface area (Å²) in [5, 5.41) is 9.96. The third-order valence-corrected chi connectivity index (χ3v) is 9.18. The molecule has 1 unspecified atom stereocenters. The molecule has 3 rings (SSSR count). The number of hydrogen-bond donors (Lipinski definition) is 0. The Morgan fingerprint density at radius 1 is 1.10 bits per heavy atom. The van der Waals surface area contributed by atoms with Gasteiger partial charge in [-0.15, -0.1) is 0 Å². The summed E-state index contributed by atoms with van der Waals surface area (Å²) in [6.07, 6.45) is 11.7. The molecule has 1 aromatic heterocycles. The zero-order valence-electron chi connectivity index (χ0n) is 25.0. The van der Waals surface area contributed by atoms with Crippen molar-refractivity contribution in [1.82, 2.24) is 9.47 Å². The zero-order valence-corrected chi connectivity index (χ0v) is 26.6. The molecule has 0 aliphatic carbocycles. The Morgan fingerprint density at radius 3 is 2.49 bits per heavy atom. The molecule has 0 bridgehead atoms. The van der Waals surface area contributed by atoms with E-state index < -0.39 is 0 Å². The second-order valence-electron chi connectivity index (χ2n) is 10.8.